The Labute approximate surface area is 132 Å². The SMILES string of the molecule is C=C(C)C(=O)OCC12CC3CC(C)(C1)CC(C(=O)OC)(C3)C2. The lowest BCUT2D eigenvalue weighted by atomic mass is 9.40. The van der Waals surface area contributed by atoms with Gasteiger partial charge in [-0.1, -0.05) is 13.5 Å². The number of rotatable bonds is 4. The third-order valence-electron chi connectivity index (χ3n) is 5.94. The Morgan fingerprint density at radius 3 is 2.50 bits per heavy atom. The highest BCUT2D eigenvalue weighted by Gasteiger charge is 2.65. The number of ether oxygens (including phenoxy) is 2. The molecule has 4 rings (SSSR count). The van der Waals surface area contributed by atoms with E-state index in [1.165, 1.54) is 13.5 Å². The number of carbonyl (C=O) groups excluding carboxylic acids is 2. The molecule has 0 aromatic rings. The Morgan fingerprint density at radius 2 is 1.91 bits per heavy atom. The van der Waals surface area contributed by atoms with Gasteiger partial charge in [0.2, 0.25) is 0 Å². The van der Waals surface area contributed by atoms with E-state index in [0.29, 0.717) is 18.1 Å². The molecule has 0 spiro atoms. The van der Waals surface area contributed by atoms with Gasteiger partial charge < -0.3 is 9.47 Å². The summed E-state index contributed by atoms with van der Waals surface area (Å²) in [6.07, 6.45) is 5.93. The Kier molecular flexibility index (Phi) is 3.42. The van der Waals surface area contributed by atoms with Crippen molar-refractivity contribution in [1.82, 2.24) is 0 Å². The summed E-state index contributed by atoms with van der Waals surface area (Å²) in [5.74, 6) is 0.148. The number of methoxy groups -OCH3 is 1. The third-order valence-corrected chi connectivity index (χ3v) is 5.94. The summed E-state index contributed by atoms with van der Waals surface area (Å²) >= 11 is 0. The molecule has 0 aromatic carbocycles. The highest BCUT2D eigenvalue weighted by molar-refractivity contribution is 5.87. The van der Waals surface area contributed by atoms with Crippen LogP contribution in [0.2, 0.25) is 0 Å². The fourth-order valence-corrected chi connectivity index (χ4v) is 6.09. The summed E-state index contributed by atoms with van der Waals surface area (Å²) in [5, 5.41) is 0. The predicted octanol–water partition coefficient (Wildman–Crippen LogP) is 3.26. The summed E-state index contributed by atoms with van der Waals surface area (Å²) in [7, 11) is 1.48. The van der Waals surface area contributed by atoms with Crippen molar-refractivity contribution in [3.8, 4) is 0 Å². The molecule has 4 bridgehead atoms. The van der Waals surface area contributed by atoms with E-state index in [-0.39, 0.29) is 28.2 Å². The highest BCUT2D eigenvalue weighted by Crippen LogP contribution is 2.69. The standard InChI is InChI=1S/C18H26O4/c1-12(2)14(19)22-11-17-6-13-5-16(3,8-17)9-18(7-13,10-17)15(20)21-4/h13H,1,5-11H2,2-4H3. The van der Waals surface area contributed by atoms with Gasteiger partial charge in [-0.15, -0.1) is 0 Å². The van der Waals surface area contributed by atoms with Crippen LogP contribution in [0.25, 0.3) is 0 Å². The normalized spacial score (nSPS) is 42.0. The van der Waals surface area contributed by atoms with Crippen molar-refractivity contribution in [3.63, 3.8) is 0 Å². The molecule has 4 unspecified atom stereocenters. The average molecular weight is 306 g/mol. The van der Waals surface area contributed by atoms with Crippen LogP contribution in [-0.4, -0.2) is 25.7 Å². The number of esters is 2. The van der Waals surface area contributed by atoms with Gasteiger partial charge in [0.15, 0.2) is 0 Å². The van der Waals surface area contributed by atoms with Gasteiger partial charge in [0.05, 0.1) is 19.1 Å². The fourth-order valence-electron chi connectivity index (χ4n) is 6.09. The number of hydrogen-bond donors (Lipinski definition) is 0. The summed E-state index contributed by atoms with van der Waals surface area (Å²) in [5.41, 5.74) is 0.175. The van der Waals surface area contributed by atoms with E-state index in [1.54, 1.807) is 6.92 Å². The molecule has 4 heteroatoms. The lowest BCUT2D eigenvalue weighted by Crippen LogP contribution is -2.60. The second-order valence-electron chi connectivity index (χ2n) is 8.45. The molecular formula is C18H26O4. The molecule has 0 saturated heterocycles. The third kappa shape index (κ3) is 2.37. The second kappa shape index (κ2) is 4.84. The second-order valence-corrected chi connectivity index (χ2v) is 8.45. The molecule has 0 aliphatic heterocycles. The van der Waals surface area contributed by atoms with Crippen molar-refractivity contribution in [2.45, 2.75) is 52.4 Å². The van der Waals surface area contributed by atoms with E-state index in [4.69, 9.17) is 9.47 Å². The minimum atomic E-state index is -0.363. The smallest absolute Gasteiger partial charge is 0.333 e. The van der Waals surface area contributed by atoms with Crippen LogP contribution in [0.5, 0.6) is 0 Å². The zero-order valence-electron chi connectivity index (χ0n) is 13.9. The maximum atomic E-state index is 12.5. The maximum absolute atomic E-state index is 12.5. The van der Waals surface area contributed by atoms with Crippen LogP contribution in [-0.2, 0) is 19.1 Å². The summed E-state index contributed by atoms with van der Waals surface area (Å²) in [4.78, 5) is 24.2. The maximum Gasteiger partial charge on any atom is 0.333 e. The molecule has 4 aliphatic carbocycles. The van der Waals surface area contributed by atoms with E-state index in [0.717, 1.165) is 32.1 Å². The molecule has 4 aliphatic rings. The molecule has 122 valence electrons. The van der Waals surface area contributed by atoms with Gasteiger partial charge >= 0.3 is 11.9 Å². The van der Waals surface area contributed by atoms with Crippen LogP contribution in [0.15, 0.2) is 12.2 Å². The minimum Gasteiger partial charge on any atom is -0.469 e. The average Bonchev–Trinajstić information content (AvgIpc) is 2.41. The number of carbonyl (C=O) groups is 2. The van der Waals surface area contributed by atoms with Crippen LogP contribution in [0.4, 0.5) is 0 Å². The molecule has 0 amide bonds. The molecule has 0 N–H and O–H groups in total. The van der Waals surface area contributed by atoms with Crippen molar-refractivity contribution in [3.05, 3.63) is 12.2 Å². The van der Waals surface area contributed by atoms with Crippen LogP contribution < -0.4 is 0 Å². The molecule has 22 heavy (non-hydrogen) atoms. The van der Waals surface area contributed by atoms with Gasteiger partial charge in [-0.25, -0.2) is 4.79 Å². The van der Waals surface area contributed by atoms with Crippen molar-refractivity contribution >= 4 is 11.9 Å². The first kappa shape index (κ1) is 15.6. The van der Waals surface area contributed by atoms with Gasteiger partial charge in [-0.3, -0.25) is 4.79 Å². The first-order chi connectivity index (χ1) is 10.2. The molecule has 0 aromatic heterocycles. The van der Waals surface area contributed by atoms with E-state index in [9.17, 15) is 9.59 Å². The zero-order valence-corrected chi connectivity index (χ0v) is 13.9. The molecular weight excluding hydrogens is 280 g/mol. The lowest BCUT2D eigenvalue weighted by Gasteiger charge is -2.64. The summed E-state index contributed by atoms with van der Waals surface area (Å²) in [6.45, 7) is 7.99. The number of hydrogen-bond acceptors (Lipinski definition) is 4. The van der Waals surface area contributed by atoms with E-state index >= 15 is 0 Å². The summed E-state index contributed by atoms with van der Waals surface area (Å²) in [6, 6.07) is 0. The Morgan fingerprint density at radius 1 is 1.18 bits per heavy atom. The topological polar surface area (TPSA) is 52.6 Å². The summed E-state index contributed by atoms with van der Waals surface area (Å²) < 4.78 is 10.6. The largest absolute Gasteiger partial charge is 0.469 e. The van der Waals surface area contributed by atoms with Gasteiger partial charge in [0.25, 0.3) is 0 Å². The first-order valence-corrected chi connectivity index (χ1v) is 8.13. The predicted molar refractivity (Wildman–Crippen MR) is 82.0 cm³/mol. The van der Waals surface area contributed by atoms with Crippen molar-refractivity contribution in [2.75, 3.05) is 13.7 Å². The van der Waals surface area contributed by atoms with Crippen LogP contribution in [0.1, 0.15) is 52.4 Å². The van der Waals surface area contributed by atoms with Crippen LogP contribution in [0.3, 0.4) is 0 Å². The highest BCUT2D eigenvalue weighted by atomic mass is 16.5. The molecule has 0 radical (unpaired) electrons. The van der Waals surface area contributed by atoms with E-state index in [2.05, 4.69) is 13.5 Å². The van der Waals surface area contributed by atoms with Gasteiger partial charge in [0, 0.05) is 11.0 Å². The Balaban J connectivity index is 1.85. The monoisotopic (exact) mass is 306 g/mol. The van der Waals surface area contributed by atoms with Crippen molar-refractivity contribution in [1.29, 1.82) is 0 Å². The quantitative estimate of drug-likeness (QED) is 0.591. The Hall–Kier alpha value is -1.32. The van der Waals surface area contributed by atoms with Crippen molar-refractivity contribution in [2.24, 2.45) is 22.2 Å². The zero-order chi connectivity index (χ0) is 16.2. The molecule has 4 fully saturated rings. The van der Waals surface area contributed by atoms with Gasteiger partial charge in [-0.2, -0.15) is 0 Å². The molecule has 4 nitrogen and oxygen atoms in total. The molecule has 0 heterocycles. The minimum absolute atomic E-state index is 0.0620. The van der Waals surface area contributed by atoms with Crippen LogP contribution >= 0.6 is 0 Å². The van der Waals surface area contributed by atoms with E-state index < -0.39 is 0 Å². The molecule has 4 atom stereocenters. The van der Waals surface area contributed by atoms with Crippen molar-refractivity contribution < 1.29 is 19.1 Å². The van der Waals surface area contributed by atoms with Gasteiger partial charge in [0.1, 0.15) is 0 Å². The Bertz CT molecular complexity index is 539. The fraction of sp³-hybridized carbons (Fsp3) is 0.778. The first-order valence-electron chi connectivity index (χ1n) is 8.13. The van der Waals surface area contributed by atoms with E-state index in [1.807, 2.05) is 0 Å². The molecule has 4 saturated carbocycles. The lowest BCUT2D eigenvalue weighted by molar-refractivity contribution is -0.200. The van der Waals surface area contributed by atoms with Crippen LogP contribution in [0, 0.1) is 22.2 Å². The van der Waals surface area contributed by atoms with Gasteiger partial charge in [-0.05, 0) is 56.8 Å².